The van der Waals surface area contributed by atoms with E-state index in [4.69, 9.17) is 16.3 Å². The van der Waals surface area contributed by atoms with Gasteiger partial charge in [-0.3, -0.25) is 4.99 Å². The Bertz CT molecular complexity index is 448. The molecule has 5 heteroatoms. The minimum Gasteiger partial charge on any atom is -0.487 e. The van der Waals surface area contributed by atoms with Crippen LogP contribution in [-0.4, -0.2) is 32.2 Å². The highest BCUT2D eigenvalue weighted by atomic mass is 35.5. The van der Waals surface area contributed by atoms with Gasteiger partial charge in [-0.1, -0.05) is 36.7 Å². The highest BCUT2D eigenvalue weighted by Crippen LogP contribution is 2.24. The van der Waals surface area contributed by atoms with Gasteiger partial charge in [-0.2, -0.15) is 0 Å². The van der Waals surface area contributed by atoms with Crippen molar-refractivity contribution in [2.24, 2.45) is 4.99 Å². The summed E-state index contributed by atoms with van der Waals surface area (Å²) in [6, 6.07) is 7.48. The first-order valence-corrected chi connectivity index (χ1v) is 7.05. The van der Waals surface area contributed by atoms with Crippen LogP contribution in [0.2, 0.25) is 5.02 Å². The zero-order chi connectivity index (χ0) is 14.8. The molecule has 0 aliphatic heterocycles. The van der Waals surface area contributed by atoms with Crippen molar-refractivity contribution in [2.45, 2.75) is 19.4 Å². The fourth-order valence-corrected chi connectivity index (χ4v) is 1.77. The lowest BCUT2D eigenvalue weighted by molar-refractivity contribution is 0.199. The van der Waals surface area contributed by atoms with E-state index in [-0.39, 0.29) is 6.10 Å². The maximum atomic E-state index is 6.09. The number of nitrogens with one attached hydrogen (secondary N) is 2. The van der Waals surface area contributed by atoms with Gasteiger partial charge in [-0.15, -0.1) is 6.58 Å². The maximum absolute atomic E-state index is 6.09. The lowest BCUT2D eigenvalue weighted by Gasteiger charge is -2.20. The summed E-state index contributed by atoms with van der Waals surface area (Å²) in [4.78, 5) is 4.12. The number of rotatable bonds is 7. The van der Waals surface area contributed by atoms with Crippen molar-refractivity contribution >= 4 is 17.6 Å². The Balaban J connectivity index is 2.51. The molecule has 0 aliphatic carbocycles. The Labute approximate surface area is 125 Å². The molecule has 4 nitrogen and oxygen atoms in total. The molecule has 1 unspecified atom stereocenters. The number of hydrogen-bond acceptors (Lipinski definition) is 2. The fourth-order valence-electron chi connectivity index (χ4n) is 1.59. The van der Waals surface area contributed by atoms with Gasteiger partial charge in [0.15, 0.2) is 5.96 Å². The van der Waals surface area contributed by atoms with Crippen molar-refractivity contribution in [3.05, 3.63) is 41.9 Å². The topological polar surface area (TPSA) is 45.7 Å². The third-order valence-corrected chi connectivity index (χ3v) is 3.03. The van der Waals surface area contributed by atoms with E-state index in [1.165, 1.54) is 0 Å². The summed E-state index contributed by atoms with van der Waals surface area (Å²) >= 11 is 6.09. The predicted molar refractivity (Wildman–Crippen MR) is 85.7 cm³/mol. The van der Waals surface area contributed by atoms with E-state index in [2.05, 4.69) is 29.1 Å². The minimum absolute atomic E-state index is 0.0252. The summed E-state index contributed by atoms with van der Waals surface area (Å²) < 4.78 is 5.90. The second-order valence-electron chi connectivity index (χ2n) is 4.20. The highest BCUT2D eigenvalue weighted by molar-refractivity contribution is 6.32. The Morgan fingerprint density at radius 3 is 2.80 bits per heavy atom. The number of para-hydroxylation sites is 1. The summed E-state index contributed by atoms with van der Waals surface area (Å²) in [6.07, 6.45) is 2.68. The van der Waals surface area contributed by atoms with Crippen molar-refractivity contribution < 1.29 is 4.74 Å². The van der Waals surface area contributed by atoms with Crippen LogP contribution < -0.4 is 15.4 Å². The van der Waals surface area contributed by atoms with Crippen molar-refractivity contribution in [3.63, 3.8) is 0 Å². The van der Waals surface area contributed by atoms with E-state index < -0.39 is 0 Å². The molecular weight excluding hydrogens is 274 g/mol. The molecule has 0 saturated heterocycles. The average Bonchev–Trinajstić information content (AvgIpc) is 2.48. The van der Waals surface area contributed by atoms with Gasteiger partial charge in [0.25, 0.3) is 0 Å². The Morgan fingerprint density at radius 1 is 1.45 bits per heavy atom. The lowest BCUT2D eigenvalue weighted by atomic mass is 10.2. The lowest BCUT2D eigenvalue weighted by Crippen LogP contribution is -2.42. The summed E-state index contributed by atoms with van der Waals surface area (Å²) in [5.41, 5.74) is 0. The molecule has 2 N–H and O–H groups in total. The first-order valence-electron chi connectivity index (χ1n) is 6.67. The van der Waals surface area contributed by atoms with Crippen LogP contribution >= 0.6 is 11.6 Å². The zero-order valence-electron chi connectivity index (χ0n) is 12.0. The van der Waals surface area contributed by atoms with Gasteiger partial charge < -0.3 is 15.4 Å². The van der Waals surface area contributed by atoms with E-state index in [9.17, 15) is 0 Å². The second kappa shape index (κ2) is 9.26. The molecule has 0 bridgehead atoms. The fraction of sp³-hybridized carbons (Fsp3) is 0.400. The number of benzene rings is 1. The Hall–Kier alpha value is -1.68. The van der Waals surface area contributed by atoms with Crippen LogP contribution in [0.5, 0.6) is 5.75 Å². The normalized spacial score (nSPS) is 12.7. The highest BCUT2D eigenvalue weighted by Gasteiger charge is 2.10. The smallest absolute Gasteiger partial charge is 0.191 e. The van der Waals surface area contributed by atoms with Gasteiger partial charge in [0.1, 0.15) is 11.9 Å². The molecule has 0 radical (unpaired) electrons. The molecule has 0 aromatic heterocycles. The summed E-state index contributed by atoms with van der Waals surface area (Å²) in [7, 11) is 1.73. The number of aliphatic imine (C=N–C) groups is 1. The Morgan fingerprint density at radius 2 is 2.20 bits per heavy atom. The summed E-state index contributed by atoms with van der Waals surface area (Å²) in [6.45, 7) is 7.05. The van der Waals surface area contributed by atoms with E-state index in [1.54, 1.807) is 13.1 Å². The van der Waals surface area contributed by atoms with Crippen LogP contribution in [0, 0.1) is 0 Å². The SMILES string of the molecule is C=CCNC(=NC)NCC(CC)Oc1ccccc1Cl. The second-order valence-corrected chi connectivity index (χ2v) is 4.61. The first-order chi connectivity index (χ1) is 9.71. The van der Waals surface area contributed by atoms with Gasteiger partial charge in [0.05, 0.1) is 11.6 Å². The van der Waals surface area contributed by atoms with Gasteiger partial charge in [0.2, 0.25) is 0 Å². The van der Waals surface area contributed by atoms with E-state index in [0.717, 1.165) is 12.4 Å². The third kappa shape index (κ3) is 5.53. The summed E-state index contributed by atoms with van der Waals surface area (Å²) in [5.74, 6) is 1.43. The molecule has 1 atom stereocenters. The summed E-state index contributed by atoms with van der Waals surface area (Å²) in [5, 5.41) is 6.96. The van der Waals surface area contributed by atoms with Crippen molar-refractivity contribution in [1.82, 2.24) is 10.6 Å². The molecule has 1 aromatic rings. The molecule has 0 spiro atoms. The molecule has 0 amide bonds. The first kappa shape index (κ1) is 16.4. The van der Waals surface area contributed by atoms with Crippen LogP contribution in [-0.2, 0) is 0 Å². The molecule has 0 saturated carbocycles. The Kier molecular flexibility index (Phi) is 7.58. The van der Waals surface area contributed by atoms with Crippen molar-refractivity contribution in [2.75, 3.05) is 20.1 Å². The predicted octanol–water partition coefficient (Wildman–Crippen LogP) is 2.85. The van der Waals surface area contributed by atoms with Gasteiger partial charge >= 0.3 is 0 Å². The quantitative estimate of drug-likeness (QED) is 0.462. The molecule has 20 heavy (non-hydrogen) atoms. The van der Waals surface area contributed by atoms with Crippen LogP contribution in [0.3, 0.4) is 0 Å². The van der Waals surface area contributed by atoms with Crippen LogP contribution in [0.25, 0.3) is 0 Å². The monoisotopic (exact) mass is 295 g/mol. The van der Waals surface area contributed by atoms with Crippen LogP contribution in [0.4, 0.5) is 0 Å². The molecule has 110 valence electrons. The van der Waals surface area contributed by atoms with Gasteiger partial charge in [-0.25, -0.2) is 0 Å². The molecule has 1 aromatic carbocycles. The number of guanidine groups is 1. The van der Waals surface area contributed by atoms with Crippen LogP contribution in [0.15, 0.2) is 41.9 Å². The molecule has 0 fully saturated rings. The number of halogens is 1. The molecule has 0 aliphatic rings. The number of ether oxygens (including phenoxy) is 1. The molecular formula is C15H22ClN3O. The minimum atomic E-state index is 0.0252. The van der Waals surface area contributed by atoms with Crippen molar-refractivity contribution in [3.8, 4) is 5.75 Å². The van der Waals surface area contributed by atoms with Crippen molar-refractivity contribution in [1.29, 1.82) is 0 Å². The molecule has 0 heterocycles. The van der Waals surface area contributed by atoms with E-state index >= 15 is 0 Å². The average molecular weight is 296 g/mol. The number of nitrogens with zero attached hydrogens (tertiary/aromatic N) is 1. The standard InChI is InChI=1S/C15H22ClN3O/c1-4-10-18-15(17-3)19-11-12(5-2)20-14-9-7-6-8-13(14)16/h4,6-9,12H,1,5,10-11H2,2-3H3,(H2,17,18,19). The maximum Gasteiger partial charge on any atom is 0.191 e. The third-order valence-electron chi connectivity index (χ3n) is 2.72. The number of hydrogen-bond donors (Lipinski definition) is 2. The largest absolute Gasteiger partial charge is 0.487 e. The van der Waals surface area contributed by atoms with Gasteiger partial charge in [0, 0.05) is 13.6 Å². The molecule has 1 rings (SSSR count). The van der Waals surface area contributed by atoms with E-state index in [0.29, 0.717) is 23.9 Å². The zero-order valence-corrected chi connectivity index (χ0v) is 12.8. The van der Waals surface area contributed by atoms with Crippen LogP contribution in [0.1, 0.15) is 13.3 Å². The van der Waals surface area contributed by atoms with E-state index in [1.807, 2.05) is 24.3 Å². The van der Waals surface area contributed by atoms with Gasteiger partial charge in [-0.05, 0) is 18.6 Å².